The molecule has 0 spiro atoms. The summed E-state index contributed by atoms with van der Waals surface area (Å²) in [6.45, 7) is 0.870. The van der Waals surface area contributed by atoms with E-state index in [1.165, 1.54) is 18.2 Å². The van der Waals surface area contributed by atoms with Crippen molar-refractivity contribution in [2.24, 2.45) is 0 Å². The lowest BCUT2D eigenvalue weighted by Gasteiger charge is -2.24. The van der Waals surface area contributed by atoms with Crippen LogP contribution in [0.15, 0.2) is 24.3 Å². The van der Waals surface area contributed by atoms with Crippen molar-refractivity contribution >= 4 is 11.6 Å². The van der Waals surface area contributed by atoms with Crippen molar-refractivity contribution in [3.63, 3.8) is 0 Å². The van der Waals surface area contributed by atoms with E-state index in [0.717, 1.165) is 31.5 Å². The predicted octanol–water partition coefficient (Wildman–Crippen LogP) is 2.43. The average molecular weight is 287 g/mol. The summed E-state index contributed by atoms with van der Waals surface area (Å²) in [6.07, 6.45) is 2.38. The number of rotatable bonds is 1. The van der Waals surface area contributed by atoms with Crippen molar-refractivity contribution in [1.29, 1.82) is 0 Å². The van der Waals surface area contributed by atoms with Gasteiger partial charge in [0.2, 0.25) is 6.10 Å². The summed E-state index contributed by atoms with van der Waals surface area (Å²) in [5.41, 5.74) is 2.19. The van der Waals surface area contributed by atoms with E-state index >= 15 is 0 Å². The first-order chi connectivity index (χ1) is 10.2. The zero-order valence-electron chi connectivity index (χ0n) is 11.3. The summed E-state index contributed by atoms with van der Waals surface area (Å²) in [5.74, 6) is -0.331. The maximum absolute atomic E-state index is 13.3. The molecule has 1 unspecified atom stereocenters. The highest BCUT2D eigenvalue weighted by atomic mass is 19.1. The molecule has 2 aromatic rings. The molecular weight excluding hydrogens is 273 g/mol. The number of aromatic nitrogens is 2. The zero-order valence-corrected chi connectivity index (χ0v) is 11.3. The van der Waals surface area contributed by atoms with Gasteiger partial charge in [0.15, 0.2) is 0 Å². The summed E-state index contributed by atoms with van der Waals surface area (Å²) in [5, 5.41) is 7.19. The van der Waals surface area contributed by atoms with Gasteiger partial charge in [-0.3, -0.25) is 9.48 Å². The summed E-state index contributed by atoms with van der Waals surface area (Å²) >= 11 is 0. The Hall–Kier alpha value is -2.37. The molecule has 108 valence electrons. The van der Waals surface area contributed by atoms with E-state index in [2.05, 4.69) is 10.4 Å². The molecular formula is C15H14FN3O2. The number of benzene rings is 1. The summed E-state index contributed by atoms with van der Waals surface area (Å²) in [7, 11) is 0. The molecule has 1 atom stereocenters. The lowest BCUT2D eigenvalue weighted by atomic mass is 10.1. The third-order valence-corrected chi connectivity index (χ3v) is 3.89. The van der Waals surface area contributed by atoms with Crippen molar-refractivity contribution < 1.29 is 13.9 Å². The van der Waals surface area contributed by atoms with Crippen molar-refractivity contribution in [3.05, 3.63) is 41.5 Å². The molecule has 1 aromatic carbocycles. The normalized spacial score (nSPS) is 20.2. The Balaban J connectivity index is 1.69. The number of nitrogens with zero attached hydrogens (tertiary/aromatic N) is 2. The van der Waals surface area contributed by atoms with Crippen LogP contribution in [0.5, 0.6) is 5.75 Å². The Morgan fingerprint density at radius 1 is 1.33 bits per heavy atom. The smallest absolute Gasteiger partial charge is 0.271 e. The minimum absolute atomic E-state index is 0.274. The lowest BCUT2D eigenvalue weighted by molar-refractivity contribution is -0.124. The fourth-order valence-corrected chi connectivity index (χ4v) is 2.84. The second-order valence-electron chi connectivity index (χ2n) is 5.37. The van der Waals surface area contributed by atoms with Gasteiger partial charge in [-0.1, -0.05) is 0 Å². The monoisotopic (exact) mass is 287 g/mol. The fraction of sp³-hybridized carbons (Fsp3) is 0.333. The summed E-state index contributed by atoms with van der Waals surface area (Å²) in [6, 6.07) is 5.97. The topological polar surface area (TPSA) is 56.1 Å². The molecule has 0 fully saturated rings. The summed E-state index contributed by atoms with van der Waals surface area (Å²) < 4.78 is 20.9. The predicted molar refractivity (Wildman–Crippen MR) is 73.6 cm³/mol. The molecule has 2 aliphatic heterocycles. The minimum Gasteiger partial charge on any atom is -0.472 e. The number of ether oxygens (including phenoxy) is 1. The molecule has 0 saturated heterocycles. The highest BCUT2D eigenvalue weighted by Gasteiger charge is 2.32. The van der Waals surface area contributed by atoms with Gasteiger partial charge in [-0.25, -0.2) is 4.39 Å². The van der Waals surface area contributed by atoms with E-state index in [1.54, 1.807) is 0 Å². The van der Waals surface area contributed by atoms with Gasteiger partial charge in [0.1, 0.15) is 17.3 Å². The first-order valence-corrected chi connectivity index (χ1v) is 7.04. The number of aryl methyl sites for hydroxylation is 2. The van der Waals surface area contributed by atoms with Crippen LogP contribution in [0.4, 0.5) is 10.1 Å². The van der Waals surface area contributed by atoms with Crippen molar-refractivity contribution in [2.75, 3.05) is 5.32 Å². The SMILES string of the molecule is O=C1Nc2ccc(F)cc2OC1c1cc2n(n1)CCCC2. The number of nitrogens with one attached hydrogen (secondary N) is 1. The molecule has 5 nitrogen and oxygen atoms in total. The lowest BCUT2D eigenvalue weighted by Crippen LogP contribution is -2.30. The minimum atomic E-state index is -0.822. The number of carbonyl (C=O) groups is 1. The van der Waals surface area contributed by atoms with Crippen LogP contribution < -0.4 is 10.1 Å². The number of anilines is 1. The summed E-state index contributed by atoms with van der Waals surface area (Å²) in [4.78, 5) is 12.2. The largest absolute Gasteiger partial charge is 0.472 e. The van der Waals surface area contributed by atoms with E-state index in [0.29, 0.717) is 17.1 Å². The third-order valence-electron chi connectivity index (χ3n) is 3.89. The highest BCUT2D eigenvalue weighted by Crippen LogP contribution is 2.35. The molecule has 0 aliphatic carbocycles. The highest BCUT2D eigenvalue weighted by molar-refractivity contribution is 5.98. The van der Waals surface area contributed by atoms with Crippen molar-refractivity contribution in [3.8, 4) is 5.75 Å². The Kier molecular flexibility index (Phi) is 2.70. The molecule has 2 aliphatic rings. The van der Waals surface area contributed by atoms with E-state index in [4.69, 9.17) is 4.74 Å². The molecule has 0 bridgehead atoms. The van der Waals surface area contributed by atoms with Gasteiger partial charge in [0, 0.05) is 18.3 Å². The van der Waals surface area contributed by atoms with Gasteiger partial charge in [-0.05, 0) is 37.5 Å². The maximum Gasteiger partial charge on any atom is 0.271 e. The van der Waals surface area contributed by atoms with Crippen LogP contribution in [0.25, 0.3) is 0 Å². The molecule has 3 heterocycles. The fourth-order valence-electron chi connectivity index (χ4n) is 2.84. The zero-order chi connectivity index (χ0) is 14.4. The third kappa shape index (κ3) is 2.07. The van der Waals surface area contributed by atoms with Crippen LogP contribution in [0.1, 0.15) is 30.3 Å². The number of fused-ring (bicyclic) bond motifs is 2. The van der Waals surface area contributed by atoms with Gasteiger partial charge in [-0.2, -0.15) is 5.10 Å². The van der Waals surface area contributed by atoms with Gasteiger partial charge in [0.05, 0.1) is 5.69 Å². The molecule has 4 rings (SSSR count). The van der Waals surface area contributed by atoms with Gasteiger partial charge in [-0.15, -0.1) is 0 Å². The standard InChI is InChI=1S/C15H14FN3O2/c16-9-4-5-11-13(7-9)21-14(15(20)17-11)12-8-10-3-1-2-6-19(10)18-12/h4-5,7-8,14H,1-3,6H2,(H,17,20). The van der Waals surface area contributed by atoms with Crippen LogP contribution in [0, 0.1) is 5.82 Å². The van der Waals surface area contributed by atoms with Crippen molar-refractivity contribution in [1.82, 2.24) is 9.78 Å². The first-order valence-electron chi connectivity index (χ1n) is 7.04. The van der Waals surface area contributed by atoms with Gasteiger partial charge >= 0.3 is 0 Å². The first kappa shape index (κ1) is 12.4. The average Bonchev–Trinajstić information content (AvgIpc) is 2.90. The maximum atomic E-state index is 13.3. The van der Waals surface area contributed by atoms with Gasteiger partial charge < -0.3 is 10.1 Å². The number of hydrogen-bond acceptors (Lipinski definition) is 3. The Bertz CT molecular complexity index is 702. The number of carbonyl (C=O) groups excluding carboxylic acids is 1. The van der Waals surface area contributed by atoms with Crippen LogP contribution in [0.3, 0.4) is 0 Å². The Morgan fingerprint density at radius 2 is 2.24 bits per heavy atom. The van der Waals surface area contributed by atoms with Crippen LogP contribution >= 0.6 is 0 Å². The Labute approximate surface area is 120 Å². The van der Waals surface area contributed by atoms with E-state index < -0.39 is 11.9 Å². The quantitative estimate of drug-likeness (QED) is 0.876. The Morgan fingerprint density at radius 3 is 3.10 bits per heavy atom. The molecule has 1 N–H and O–H groups in total. The number of amides is 1. The van der Waals surface area contributed by atoms with Gasteiger partial charge in [0.25, 0.3) is 5.91 Å². The molecule has 0 radical (unpaired) electrons. The molecule has 6 heteroatoms. The molecule has 21 heavy (non-hydrogen) atoms. The second-order valence-corrected chi connectivity index (χ2v) is 5.37. The molecule has 1 aromatic heterocycles. The van der Waals surface area contributed by atoms with Crippen LogP contribution in [-0.2, 0) is 17.8 Å². The van der Waals surface area contributed by atoms with Crippen LogP contribution in [0.2, 0.25) is 0 Å². The number of halogens is 1. The molecule has 1 amide bonds. The van der Waals surface area contributed by atoms with E-state index in [-0.39, 0.29) is 5.91 Å². The molecule has 0 saturated carbocycles. The van der Waals surface area contributed by atoms with Crippen LogP contribution in [-0.4, -0.2) is 15.7 Å². The van der Waals surface area contributed by atoms with E-state index in [1.807, 2.05) is 10.7 Å². The van der Waals surface area contributed by atoms with E-state index in [9.17, 15) is 9.18 Å². The number of hydrogen-bond donors (Lipinski definition) is 1. The van der Waals surface area contributed by atoms with Crippen molar-refractivity contribution in [2.45, 2.75) is 31.9 Å². The second kappa shape index (κ2) is 4.58.